The van der Waals surface area contributed by atoms with Crippen LogP contribution in [-0.4, -0.2) is 35.6 Å². The van der Waals surface area contributed by atoms with Gasteiger partial charge in [-0.2, -0.15) is 4.98 Å². The van der Waals surface area contributed by atoms with Crippen molar-refractivity contribution in [1.82, 2.24) is 9.97 Å². The molecule has 0 saturated carbocycles. The molecule has 0 aromatic carbocycles. The molecule has 0 fully saturated rings. The molecule has 7 heteroatoms. The molecule has 4 N–H and O–H groups in total. The van der Waals surface area contributed by atoms with Crippen LogP contribution in [0.1, 0.15) is 33.1 Å². The monoisotopic (exact) mass is 281 g/mol. The Morgan fingerprint density at radius 3 is 2.70 bits per heavy atom. The predicted octanol–water partition coefficient (Wildman–Crippen LogP) is 0.939. The van der Waals surface area contributed by atoms with Gasteiger partial charge in [-0.05, 0) is 12.8 Å². The summed E-state index contributed by atoms with van der Waals surface area (Å²) in [7, 11) is 0. The summed E-state index contributed by atoms with van der Waals surface area (Å²) in [6, 6.07) is 0. The summed E-state index contributed by atoms with van der Waals surface area (Å²) in [6.45, 7) is 5.34. The number of ether oxygens (including phenoxy) is 1. The van der Waals surface area contributed by atoms with Gasteiger partial charge in [0, 0.05) is 6.54 Å². The maximum absolute atomic E-state index is 11.2. The number of anilines is 2. The third-order valence-electron chi connectivity index (χ3n) is 2.70. The zero-order valence-corrected chi connectivity index (χ0v) is 12.1. The van der Waals surface area contributed by atoms with Gasteiger partial charge in [0.1, 0.15) is 12.0 Å². The molecule has 0 bridgehead atoms. The fourth-order valence-corrected chi connectivity index (χ4v) is 1.73. The van der Waals surface area contributed by atoms with Crippen molar-refractivity contribution < 1.29 is 9.53 Å². The summed E-state index contributed by atoms with van der Waals surface area (Å²) < 4.78 is 5.47. The fraction of sp³-hybridized carbons (Fsp3) is 0.615. The molecule has 0 spiro atoms. The smallest absolute Gasteiger partial charge is 0.242 e. The second kappa shape index (κ2) is 8.19. The molecule has 112 valence electrons. The quantitative estimate of drug-likeness (QED) is 0.697. The topological polar surface area (TPSA) is 107 Å². The average molecular weight is 281 g/mol. The Balaban J connectivity index is 2.96. The van der Waals surface area contributed by atoms with Gasteiger partial charge >= 0.3 is 0 Å². The molecule has 1 aromatic heterocycles. The van der Waals surface area contributed by atoms with Crippen molar-refractivity contribution in [2.75, 3.05) is 30.3 Å². The zero-order valence-electron chi connectivity index (χ0n) is 12.1. The lowest BCUT2D eigenvalue weighted by Gasteiger charge is -2.23. The number of hydrogen-bond acceptors (Lipinski definition) is 6. The van der Waals surface area contributed by atoms with Crippen LogP contribution in [0, 0.1) is 0 Å². The lowest BCUT2D eigenvalue weighted by Crippen LogP contribution is -2.35. The number of hydrogen-bond donors (Lipinski definition) is 2. The molecule has 0 radical (unpaired) electrons. The maximum Gasteiger partial charge on any atom is 0.242 e. The standard InChI is InChI=1S/C13H23N5O2/c1-3-5-6-18(8-10(14)19)12-11(15)13(17-9-16-12)20-7-4-2/h9H,3-8,15H2,1-2H3,(H2,14,19). The van der Waals surface area contributed by atoms with Crippen LogP contribution >= 0.6 is 0 Å². The number of amides is 1. The number of rotatable bonds is 9. The molecule has 0 saturated heterocycles. The number of nitrogens with two attached hydrogens (primary N) is 2. The van der Waals surface area contributed by atoms with Gasteiger partial charge in [0.25, 0.3) is 0 Å². The number of unbranched alkanes of at least 4 members (excludes halogenated alkanes) is 1. The molecular weight excluding hydrogens is 258 g/mol. The molecular formula is C13H23N5O2. The largest absolute Gasteiger partial charge is 0.476 e. The van der Waals surface area contributed by atoms with Crippen LogP contribution in [0.5, 0.6) is 5.88 Å². The average Bonchev–Trinajstić information content (AvgIpc) is 2.42. The van der Waals surface area contributed by atoms with E-state index in [1.54, 1.807) is 4.90 Å². The van der Waals surface area contributed by atoms with Crippen molar-refractivity contribution in [3.05, 3.63) is 6.33 Å². The molecule has 1 amide bonds. The summed E-state index contributed by atoms with van der Waals surface area (Å²) >= 11 is 0. The lowest BCUT2D eigenvalue weighted by atomic mass is 10.3. The van der Waals surface area contributed by atoms with Crippen LogP contribution in [0.15, 0.2) is 6.33 Å². The van der Waals surface area contributed by atoms with E-state index in [2.05, 4.69) is 16.9 Å². The number of aromatic nitrogens is 2. The number of carbonyl (C=O) groups is 1. The number of nitrogen functional groups attached to an aromatic ring is 1. The first kappa shape index (κ1) is 16.0. The highest BCUT2D eigenvalue weighted by atomic mass is 16.5. The van der Waals surface area contributed by atoms with Gasteiger partial charge in [0.05, 0.1) is 13.2 Å². The van der Waals surface area contributed by atoms with E-state index >= 15 is 0 Å². The van der Waals surface area contributed by atoms with Crippen molar-refractivity contribution in [2.45, 2.75) is 33.1 Å². The Bertz CT molecular complexity index is 439. The van der Waals surface area contributed by atoms with Crippen molar-refractivity contribution in [1.29, 1.82) is 0 Å². The van der Waals surface area contributed by atoms with Gasteiger partial charge in [-0.15, -0.1) is 0 Å². The molecule has 1 rings (SSSR count). The highest BCUT2D eigenvalue weighted by molar-refractivity contribution is 5.81. The third kappa shape index (κ3) is 4.56. The molecule has 20 heavy (non-hydrogen) atoms. The van der Waals surface area contributed by atoms with Gasteiger partial charge in [0.15, 0.2) is 5.82 Å². The van der Waals surface area contributed by atoms with E-state index in [1.165, 1.54) is 6.33 Å². The minimum Gasteiger partial charge on any atom is -0.476 e. The summed E-state index contributed by atoms with van der Waals surface area (Å²) in [5, 5.41) is 0. The first-order chi connectivity index (χ1) is 9.60. The van der Waals surface area contributed by atoms with E-state index in [0.29, 0.717) is 30.5 Å². The third-order valence-corrected chi connectivity index (χ3v) is 2.70. The van der Waals surface area contributed by atoms with Crippen LogP contribution in [0.2, 0.25) is 0 Å². The molecule has 1 aromatic rings. The number of nitrogens with zero attached hydrogens (tertiary/aromatic N) is 3. The number of carbonyl (C=O) groups excluding carboxylic acids is 1. The van der Waals surface area contributed by atoms with Crippen molar-refractivity contribution >= 4 is 17.4 Å². The minimum atomic E-state index is -0.421. The normalized spacial score (nSPS) is 10.3. The summed E-state index contributed by atoms with van der Waals surface area (Å²) in [5.41, 5.74) is 11.6. The molecule has 0 aliphatic heterocycles. The van der Waals surface area contributed by atoms with E-state index in [9.17, 15) is 4.79 Å². The van der Waals surface area contributed by atoms with Gasteiger partial charge < -0.3 is 21.1 Å². The van der Waals surface area contributed by atoms with E-state index in [0.717, 1.165) is 19.3 Å². The highest BCUT2D eigenvalue weighted by Gasteiger charge is 2.17. The Morgan fingerprint density at radius 2 is 2.10 bits per heavy atom. The molecule has 0 atom stereocenters. The zero-order chi connectivity index (χ0) is 15.0. The molecule has 0 unspecified atom stereocenters. The Kier molecular flexibility index (Phi) is 6.55. The first-order valence-corrected chi connectivity index (χ1v) is 6.86. The van der Waals surface area contributed by atoms with E-state index in [1.807, 2.05) is 6.92 Å². The van der Waals surface area contributed by atoms with Gasteiger partial charge in [-0.3, -0.25) is 4.79 Å². The second-order valence-electron chi connectivity index (χ2n) is 4.51. The van der Waals surface area contributed by atoms with Crippen molar-refractivity contribution in [3.8, 4) is 5.88 Å². The lowest BCUT2D eigenvalue weighted by molar-refractivity contribution is -0.116. The fourth-order valence-electron chi connectivity index (χ4n) is 1.73. The van der Waals surface area contributed by atoms with Crippen LogP contribution in [-0.2, 0) is 4.79 Å². The maximum atomic E-state index is 11.2. The Labute approximate surface area is 119 Å². The SMILES string of the molecule is CCCCN(CC(N)=O)c1ncnc(OCCC)c1N. The number of primary amides is 1. The Hall–Kier alpha value is -2.05. The summed E-state index contributed by atoms with van der Waals surface area (Å²) in [6.07, 6.45) is 4.16. The summed E-state index contributed by atoms with van der Waals surface area (Å²) in [5.74, 6) is 0.427. The van der Waals surface area contributed by atoms with Crippen molar-refractivity contribution in [2.24, 2.45) is 5.73 Å². The van der Waals surface area contributed by atoms with Crippen LogP contribution in [0.4, 0.5) is 11.5 Å². The first-order valence-electron chi connectivity index (χ1n) is 6.86. The molecule has 7 nitrogen and oxygen atoms in total. The van der Waals surface area contributed by atoms with Crippen LogP contribution in [0.25, 0.3) is 0 Å². The Morgan fingerprint density at radius 1 is 1.35 bits per heavy atom. The molecule has 0 aliphatic carbocycles. The van der Waals surface area contributed by atoms with E-state index < -0.39 is 5.91 Å². The minimum absolute atomic E-state index is 0.0778. The highest BCUT2D eigenvalue weighted by Crippen LogP contribution is 2.28. The molecule has 1 heterocycles. The summed E-state index contributed by atoms with van der Waals surface area (Å²) in [4.78, 5) is 21.1. The van der Waals surface area contributed by atoms with Gasteiger partial charge in [0.2, 0.25) is 11.8 Å². The van der Waals surface area contributed by atoms with Crippen LogP contribution < -0.4 is 21.1 Å². The van der Waals surface area contributed by atoms with Crippen LogP contribution in [0.3, 0.4) is 0 Å². The van der Waals surface area contributed by atoms with Gasteiger partial charge in [-0.25, -0.2) is 4.98 Å². The van der Waals surface area contributed by atoms with E-state index in [-0.39, 0.29) is 6.54 Å². The van der Waals surface area contributed by atoms with E-state index in [4.69, 9.17) is 16.2 Å². The van der Waals surface area contributed by atoms with Crippen molar-refractivity contribution in [3.63, 3.8) is 0 Å². The predicted molar refractivity (Wildman–Crippen MR) is 78.5 cm³/mol. The second-order valence-corrected chi connectivity index (χ2v) is 4.51. The van der Waals surface area contributed by atoms with Gasteiger partial charge in [-0.1, -0.05) is 20.3 Å². The molecule has 0 aliphatic rings.